The van der Waals surface area contributed by atoms with Crippen LogP contribution in [-0.4, -0.2) is 54.7 Å². The highest BCUT2D eigenvalue weighted by molar-refractivity contribution is 5.73. The van der Waals surface area contributed by atoms with E-state index in [-0.39, 0.29) is 42.9 Å². The number of fused-ring (bicyclic) bond motifs is 1. The van der Waals surface area contributed by atoms with Crippen molar-refractivity contribution in [3.63, 3.8) is 0 Å². The van der Waals surface area contributed by atoms with Crippen LogP contribution in [0.25, 0.3) is 17.4 Å². The van der Waals surface area contributed by atoms with E-state index in [0.717, 1.165) is 0 Å². The normalized spacial score (nSPS) is 22.0. The summed E-state index contributed by atoms with van der Waals surface area (Å²) in [6.45, 7) is -0.734. The fourth-order valence-corrected chi connectivity index (χ4v) is 2.66. The van der Waals surface area contributed by atoms with Crippen molar-refractivity contribution >= 4 is 23.3 Å². The molecule has 0 bridgehead atoms. The molecule has 3 rings (SSSR count). The molecule has 0 amide bonds. The third kappa shape index (κ3) is 1.86. The van der Waals surface area contributed by atoms with Gasteiger partial charge >= 0.3 is 0 Å². The van der Waals surface area contributed by atoms with Crippen LogP contribution in [0.4, 0.5) is 5.95 Å². The molecule has 112 valence electrons. The first-order valence-electron chi connectivity index (χ1n) is 6.34. The van der Waals surface area contributed by atoms with Crippen molar-refractivity contribution in [2.75, 3.05) is 25.6 Å². The number of hydrogen-bond acceptors (Lipinski definition) is 7. The van der Waals surface area contributed by atoms with Crippen LogP contribution < -0.4 is 11.3 Å². The van der Waals surface area contributed by atoms with Gasteiger partial charge in [0.25, 0.3) is 5.56 Å². The summed E-state index contributed by atoms with van der Waals surface area (Å²) in [4.78, 5) is 22.0. The average molecular weight is 293 g/mol. The minimum absolute atomic E-state index is 0.0299. The molecule has 0 saturated heterocycles. The van der Waals surface area contributed by atoms with Crippen molar-refractivity contribution in [2.45, 2.75) is 0 Å². The monoisotopic (exact) mass is 293 g/mol. The van der Waals surface area contributed by atoms with Gasteiger partial charge < -0.3 is 21.1 Å². The van der Waals surface area contributed by atoms with E-state index in [1.54, 1.807) is 6.20 Å². The first-order valence-corrected chi connectivity index (χ1v) is 6.34. The van der Waals surface area contributed by atoms with Crippen molar-refractivity contribution in [1.29, 1.82) is 0 Å². The third-order valence-corrected chi connectivity index (χ3v) is 4.01. The number of aliphatic hydroxyl groups excluding tert-OH is 3. The number of nitrogens with one attached hydrogen (secondary N) is 1. The molecule has 0 aliphatic heterocycles. The summed E-state index contributed by atoms with van der Waals surface area (Å²) in [6, 6.07) is 0. The van der Waals surface area contributed by atoms with Gasteiger partial charge in [0.2, 0.25) is 5.95 Å². The summed E-state index contributed by atoms with van der Waals surface area (Å²) in [5.74, 6) is -0.359. The molecule has 2 aromatic rings. The molecule has 21 heavy (non-hydrogen) atoms. The lowest BCUT2D eigenvalue weighted by Gasteiger charge is -2.07. The fourth-order valence-electron chi connectivity index (χ4n) is 2.66. The maximum Gasteiger partial charge on any atom is 0.280 e. The zero-order chi connectivity index (χ0) is 15.2. The topological polar surface area (TPSA) is 150 Å². The van der Waals surface area contributed by atoms with E-state index in [9.17, 15) is 20.1 Å². The molecule has 1 aliphatic rings. The predicted molar refractivity (Wildman–Crippen MR) is 74.0 cm³/mol. The molecule has 6 N–H and O–H groups in total. The summed E-state index contributed by atoms with van der Waals surface area (Å²) >= 11 is 0. The van der Waals surface area contributed by atoms with Crippen LogP contribution in [0.3, 0.4) is 0 Å². The van der Waals surface area contributed by atoms with Gasteiger partial charge in [-0.05, 0) is 5.57 Å². The van der Waals surface area contributed by atoms with Gasteiger partial charge in [-0.3, -0.25) is 14.3 Å². The molecule has 1 saturated carbocycles. The number of nitrogens with two attached hydrogens (primary N) is 1. The number of imidazole rings is 1. The van der Waals surface area contributed by atoms with Crippen LogP contribution in [0.2, 0.25) is 0 Å². The van der Waals surface area contributed by atoms with E-state index in [0.29, 0.717) is 5.57 Å². The molecule has 1 unspecified atom stereocenters. The molecule has 1 atom stereocenters. The average Bonchev–Trinajstić information content (AvgIpc) is 2.90. The predicted octanol–water partition coefficient (Wildman–Crippen LogP) is -1.86. The van der Waals surface area contributed by atoms with E-state index in [1.165, 1.54) is 10.9 Å². The van der Waals surface area contributed by atoms with Gasteiger partial charge in [-0.15, -0.1) is 0 Å². The molecule has 9 heteroatoms. The second-order valence-electron chi connectivity index (χ2n) is 5.07. The first-order chi connectivity index (χ1) is 10.1. The van der Waals surface area contributed by atoms with Crippen LogP contribution in [0.1, 0.15) is 0 Å². The Balaban J connectivity index is 2.11. The molecule has 0 radical (unpaired) electrons. The quantitative estimate of drug-likeness (QED) is 0.443. The summed E-state index contributed by atoms with van der Waals surface area (Å²) in [6.07, 6.45) is 3.00. The van der Waals surface area contributed by atoms with Crippen LogP contribution >= 0.6 is 0 Å². The molecular weight excluding hydrogens is 278 g/mol. The number of aromatic amines is 1. The van der Waals surface area contributed by atoms with Crippen LogP contribution in [0, 0.1) is 11.3 Å². The maximum atomic E-state index is 11.7. The highest BCUT2D eigenvalue weighted by Gasteiger charge is 2.59. The Morgan fingerprint density at radius 1 is 1.43 bits per heavy atom. The van der Waals surface area contributed by atoms with Gasteiger partial charge in [-0.1, -0.05) is 0 Å². The second kappa shape index (κ2) is 4.65. The van der Waals surface area contributed by atoms with Crippen molar-refractivity contribution in [2.24, 2.45) is 11.3 Å². The fraction of sp³-hybridized carbons (Fsp3) is 0.417. The number of aliphatic hydroxyl groups is 3. The molecule has 1 fully saturated rings. The number of H-pyrrole nitrogens is 1. The van der Waals surface area contributed by atoms with Crippen molar-refractivity contribution in [1.82, 2.24) is 19.5 Å². The van der Waals surface area contributed by atoms with E-state index in [4.69, 9.17) is 5.73 Å². The number of anilines is 1. The van der Waals surface area contributed by atoms with E-state index in [1.807, 2.05) is 0 Å². The summed E-state index contributed by atoms with van der Waals surface area (Å²) < 4.78 is 1.49. The zero-order valence-corrected chi connectivity index (χ0v) is 11.0. The Labute approximate surface area is 118 Å². The number of hydrogen-bond donors (Lipinski definition) is 5. The van der Waals surface area contributed by atoms with Crippen molar-refractivity contribution in [3.8, 4) is 0 Å². The molecule has 0 spiro atoms. The smallest absolute Gasteiger partial charge is 0.280 e. The molecule has 9 nitrogen and oxygen atoms in total. The molecule has 1 aliphatic carbocycles. The Hall–Kier alpha value is -2.23. The Morgan fingerprint density at radius 2 is 2.14 bits per heavy atom. The molecular formula is C12H15N5O4. The third-order valence-electron chi connectivity index (χ3n) is 4.01. The minimum atomic E-state index is -0.835. The molecule has 2 aromatic heterocycles. The van der Waals surface area contributed by atoms with E-state index in [2.05, 4.69) is 15.0 Å². The summed E-state index contributed by atoms with van der Waals surface area (Å²) in [7, 11) is 0. The maximum absolute atomic E-state index is 11.7. The lowest BCUT2D eigenvalue weighted by molar-refractivity contribution is 0.112. The summed E-state index contributed by atoms with van der Waals surface area (Å²) in [5, 5.41) is 28.2. The van der Waals surface area contributed by atoms with Gasteiger partial charge in [-0.25, -0.2) is 4.98 Å². The standard InChI is InChI=1S/C12H15N5O4/c13-11-15-9-8(10(21)16-11)14-5-17(9)1-6-7(2-18)12(6,3-19)4-20/h1,5,7,18-20H,2-4H2,(H3,13,15,16,21)/b6-1+. The molecule has 0 aromatic carbocycles. The number of aromatic nitrogens is 4. The van der Waals surface area contributed by atoms with E-state index < -0.39 is 11.0 Å². The summed E-state index contributed by atoms with van der Waals surface area (Å²) in [5.41, 5.74) is 5.32. The number of nitrogen functional groups attached to an aromatic ring is 1. The molecule has 2 heterocycles. The van der Waals surface area contributed by atoms with Gasteiger partial charge in [-0.2, -0.15) is 4.98 Å². The lowest BCUT2D eigenvalue weighted by atomic mass is 10.1. The van der Waals surface area contributed by atoms with Gasteiger partial charge in [0.15, 0.2) is 11.2 Å². The SMILES string of the molecule is Nc1nc2c(ncn2/C=C2\C(CO)C2(CO)CO)c(=O)[nH]1. The Kier molecular flexibility index (Phi) is 3.04. The largest absolute Gasteiger partial charge is 0.396 e. The van der Waals surface area contributed by atoms with Crippen LogP contribution in [-0.2, 0) is 0 Å². The van der Waals surface area contributed by atoms with E-state index >= 15 is 0 Å². The second-order valence-corrected chi connectivity index (χ2v) is 5.07. The van der Waals surface area contributed by atoms with Gasteiger partial charge in [0.05, 0.1) is 19.8 Å². The lowest BCUT2D eigenvalue weighted by Crippen LogP contribution is -2.16. The minimum Gasteiger partial charge on any atom is -0.396 e. The Morgan fingerprint density at radius 3 is 2.71 bits per heavy atom. The highest BCUT2D eigenvalue weighted by Crippen LogP contribution is 2.57. The first kappa shape index (κ1) is 13.7. The Bertz CT molecular complexity index is 774. The van der Waals surface area contributed by atoms with Crippen LogP contribution in [0.5, 0.6) is 0 Å². The highest BCUT2D eigenvalue weighted by atomic mass is 16.3. The number of nitrogens with zero attached hydrogens (tertiary/aromatic N) is 3. The van der Waals surface area contributed by atoms with Gasteiger partial charge in [0, 0.05) is 17.5 Å². The number of rotatable bonds is 4. The van der Waals surface area contributed by atoms with Crippen molar-refractivity contribution in [3.05, 3.63) is 22.3 Å². The van der Waals surface area contributed by atoms with Gasteiger partial charge in [0.1, 0.15) is 6.33 Å². The van der Waals surface area contributed by atoms with Crippen molar-refractivity contribution < 1.29 is 15.3 Å². The van der Waals surface area contributed by atoms with Crippen LogP contribution in [0.15, 0.2) is 16.7 Å². The zero-order valence-electron chi connectivity index (χ0n) is 11.0.